The quantitative estimate of drug-likeness (QED) is 0.659. The third-order valence-electron chi connectivity index (χ3n) is 4.20. The maximum absolute atomic E-state index is 10.9. The smallest absolute Gasteiger partial charge is 0.269 e. The summed E-state index contributed by atoms with van der Waals surface area (Å²) < 4.78 is 5.77. The van der Waals surface area contributed by atoms with Gasteiger partial charge >= 0.3 is 0 Å². The van der Waals surface area contributed by atoms with E-state index in [0.29, 0.717) is 12.1 Å². The molecule has 1 aliphatic rings. The second-order valence-electron chi connectivity index (χ2n) is 5.90. The molecule has 6 nitrogen and oxygen atoms in total. The molecule has 3 rings (SSSR count). The lowest BCUT2D eigenvalue weighted by Crippen LogP contribution is -2.38. The number of benzene rings is 1. The molecule has 2 aromatic rings. The van der Waals surface area contributed by atoms with Gasteiger partial charge in [-0.15, -0.1) is 0 Å². The van der Waals surface area contributed by atoms with Crippen molar-refractivity contribution in [3.63, 3.8) is 0 Å². The fraction of sp³-hybridized carbons (Fsp3) is 0.412. The number of hydrogen-bond acceptors (Lipinski definition) is 6. The van der Waals surface area contributed by atoms with Gasteiger partial charge in [-0.25, -0.2) is 0 Å². The van der Waals surface area contributed by atoms with Crippen molar-refractivity contribution in [1.82, 2.24) is 4.90 Å². The Morgan fingerprint density at radius 3 is 3.00 bits per heavy atom. The van der Waals surface area contributed by atoms with Crippen LogP contribution in [0, 0.1) is 17.0 Å². The molecule has 0 amide bonds. The molecule has 1 N–H and O–H groups in total. The van der Waals surface area contributed by atoms with E-state index in [0.717, 1.165) is 29.6 Å². The highest BCUT2D eigenvalue weighted by molar-refractivity contribution is 7.99. The minimum absolute atomic E-state index is 0.000964. The van der Waals surface area contributed by atoms with Crippen LogP contribution < -0.4 is 0 Å². The fourth-order valence-corrected chi connectivity index (χ4v) is 4.05. The number of aryl methyl sites for hydroxylation is 1. The van der Waals surface area contributed by atoms with Crippen molar-refractivity contribution in [3.05, 3.63) is 63.6 Å². The molecule has 0 aliphatic carbocycles. The molecule has 0 spiro atoms. The van der Waals surface area contributed by atoms with Crippen LogP contribution in [-0.2, 0) is 0 Å². The molecule has 24 heavy (non-hydrogen) atoms. The SMILES string of the molecule is Cc1ccc([C@H]2CSCCN2C[C@H](O)c2cccc([N+](=O)[O-])c2)o1. The fourth-order valence-electron chi connectivity index (χ4n) is 2.92. The van der Waals surface area contributed by atoms with Crippen molar-refractivity contribution >= 4 is 17.4 Å². The van der Waals surface area contributed by atoms with Gasteiger partial charge < -0.3 is 9.52 Å². The molecule has 128 valence electrons. The molecule has 0 radical (unpaired) electrons. The van der Waals surface area contributed by atoms with Crippen molar-refractivity contribution in [2.75, 3.05) is 24.6 Å². The van der Waals surface area contributed by atoms with Gasteiger partial charge in [-0.3, -0.25) is 15.0 Å². The third kappa shape index (κ3) is 3.80. The second-order valence-corrected chi connectivity index (χ2v) is 7.05. The van der Waals surface area contributed by atoms with E-state index in [1.807, 2.05) is 30.8 Å². The van der Waals surface area contributed by atoms with E-state index in [1.165, 1.54) is 12.1 Å². The first-order chi connectivity index (χ1) is 11.5. The number of non-ortho nitro benzene ring substituents is 1. The molecule has 1 aromatic heterocycles. The summed E-state index contributed by atoms with van der Waals surface area (Å²) in [5, 5.41) is 21.5. The maximum atomic E-state index is 10.9. The van der Waals surface area contributed by atoms with Crippen molar-refractivity contribution in [2.45, 2.75) is 19.1 Å². The molecule has 1 saturated heterocycles. The van der Waals surface area contributed by atoms with Crippen molar-refractivity contribution in [2.24, 2.45) is 0 Å². The largest absolute Gasteiger partial charge is 0.465 e. The van der Waals surface area contributed by atoms with Gasteiger partial charge in [0.1, 0.15) is 11.5 Å². The molecule has 7 heteroatoms. The monoisotopic (exact) mass is 348 g/mol. The van der Waals surface area contributed by atoms with Crippen LogP contribution in [0.15, 0.2) is 40.8 Å². The molecule has 0 saturated carbocycles. The molecule has 2 atom stereocenters. The van der Waals surface area contributed by atoms with Crippen LogP contribution in [0.2, 0.25) is 0 Å². The van der Waals surface area contributed by atoms with Crippen LogP contribution in [-0.4, -0.2) is 39.5 Å². The van der Waals surface area contributed by atoms with Crippen molar-refractivity contribution in [1.29, 1.82) is 0 Å². The number of aliphatic hydroxyl groups excluding tert-OH is 1. The van der Waals surface area contributed by atoms with E-state index in [2.05, 4.69) is 4.90 Å². The Morgan fingerprint density at radius 1 is 1.46 bits per heavy atom. The van der Waals surface area contributed by atoms with E-state index in [4.69, 9.17) is 4.42 Å². The van der Waals surface area contributed by atoms with Crippen LogP contribution in [0.3, 0.4) is 0 Å². The normalized spacial score (nSPS) is 20.0. The number of thioether (sulfide) groups is 1. The van der Waals surface area contributed by atoms with Gasteiger partial charge in [0.05, 0.1) is 17.1 Å². The number of nitro groups is 1. The number of nitro benzene ring substituents is 1. The molecular formula is C17H20N2O4S. The summed E-state index contributed by atoms with van der Waals surface area (Å²) >= 11 is 1.87. The summed E-state index contributed by atoms with van der Waals surface area (Å²) in [6.07, 6.45) is -0.772. The number of β-amino-alcohol motifs (C(OH)–C–C–N with tert-alkyl or cyclic N) is 1. The minimum Gasteiger partial charge on any atom is -0.465 e. The first-order valence-electron chi connectivity index (χ1n) is 7.85. The van der Waals surface area contributed by atoms with E-state index in [-0.39, 0.29) is 11.7 Å². The van der Waals surface area contributed by atoms with E-state index >= 15 is 0 Å². The number of rotatable bonds is 5. The number of furan rings is 1. The Labute approximate surface area is 144 Å². The van der Waals surface area contributed by atoms with Crippen LogP contribution in [0.5, 0.6) is 0 Å². The standard InChI is InChI=1S/C17H20N2O4S/c1-12-5-6-17(23-12)15-11-24-8-7-18(15)10-16(20)13-3-2-4-14(9-13)19(21)22/h2-6,9,15-16,20H,7-8,10-11H2,1H3/t15-,16+/m1/s1. The third-order valence-corrected chi connectivity index (χ3v) is 5.22. The number of aliphatic hydroxyl groups is 1. The lowest BCUT2D eigenvalue weighted by Gasteiger charge is -2.35. The molecular weight excluding hydrogens is 328 g/mol. The predicted octanol–water partition coefficient (Wildman–Crippen LogP) is 3.32. The first kappa shape index (κ1) is 17.0. The van der Waals surface area contributed by atoms with Gasteiger partial charge in [-0.05, 0) is 24.6 Å². The van der Waals surface area contributed by atoms with E-state index < -0.39 is 11.0 Å². The van der Waals surface area contributed by atoms with Gasteiger partial charge in [0, 0.05) is 36.7 Å². The van der Waals surface area contributed by atoms with Crippen LogP contribution in [0.25, 0.3) is 0 Å². The summed E-state index contributed by atoms with van der Waals surface area (Å²) in [6, 6.07) is 10.3. The molecule has 0 unspecified atom stereocenters. The summed E-state index contributed by atoms with van der Waals surface area (Å²) in [5.74, 6) is 3.69. The maximum Gasteiger partial charge on any atom is 0.269 e. The molecule has 1 aromatic carbocycles. The van der Waals surface area contributed by atoms with Gasteiger partial charge in [-0.1, -0.05) is 12.1 Å². The lowest BCUT2D eigenvalue weighted by atomic mass is 10.1. The zero-order chi connectivity index (χ0) is 17.1. The van der Waals surface area contributed by atoms with Crippen LogP contribution >= 0.6 is 11.8 Å². The second kappa shape index (κ2) is 7.38. The Kier molecular flexibility index (Phi) is 5.23. The summed E-state index contributed by atoms with van der Waals surface area (Å²) in [4.78, 5) is 12.7. The zero-order valence-electron chi connectivity index (χ0n) is 13.4. The minimum atomic E-state index is -0.772. The zero-order valence-corrected chi connectivity index (χ0v) is 14.2. The molecule has 2 heterocycles. The van der Waals surface area contributed by atoms with Gasteiger partial charge in [0.25, 0.3) is 5.69 Å². The van der Waals surface area contributed by atoms with Gasteiger partial charge in [0.15, 0.2) is 0 Å². The average Bonchev–Trinajstić information content (AvgIpc) is 3.01. The van der Waals surface area contributed by atoms with Crippen molar-refractivity contribution in [3.8, 4) is 0 Å². The highest BCUT2D eigenvalue weighted by atomic mass is 32.2. The highest BCUT2D eigenvalue weighted by Crippen LogP contribution is 2.32. The van der Waals surface area contributed by atoms with E-state index in [1.54, 1.807) is 12.1 Å². The number of hydrogen-bond donors (Lipinski definition) is 1. The van der Waals surface area contributed by atoms with Crippen LogP contribution in [0.4, 0.5) is 5.69 Å². The van der Waals surface area contributed by atoms with Crippen LogP contribution in [0.1, 0.15) is 29.2 Å². The molecule has 1 fully saturated rings. The van der Waals surface area contributed by atoms with E-state index in [9.17, 15) is 15.2 Å². The Balaban J connectivity index is 1.75. The Bertz CT molecular complexity index is 718. The highest BCUT2D eigenvalue weighted by Gasteiger charge is 2.29. The predicted molar refractivity (Wildman–Crippen MR) is 93.1 cm³/mol. The Morgan fingerprint density at radius 2 is 2.29 bits per heavy atom. The molecule has 0 bridgehead atoms. The summed E-state index contributed by atoms with van der Waals surface area (Å²) in [7, 11) is 0. The van der Waals surface area contributed by atoms with Gasteiger partial charge in [0.2, 0.25) is 0 Å². The summed E-state index contributed by atoms with van der Waals surface area (Å²) in [5.41, 5.74) is 0.566. The average molecular weight is 348 g/mol. The topological polar surface area (TPSA) is 79.8 Å². The molecule has 1 aliphatic heterocycles. The number of nitrogens with zero attached hydrogens (tertiary/aromatic N) is 2. The van der Waals surface area contributed by atoms with Gasteiger partial charge in [-0.2, -0.15) is 11.8 Å². The van der Waals surface area contributed by atoms with Crippen molar-refractivity contribution < 1.29 is 14.4 Å². The lowest BCUT2D eigenvalue weighted by molar-refractivity contribution is -0.385. The first-order valence-corrected chi connectivity index (χ1v) is 9.00. The Hall–Kier alpha value is -1.83. The summed E-state index contributed by atoms with van der Waals surface area (Å²) in [6.45, 7) is 3.19.